The Bertz CT molecular complexity index is 748. The van der Waals surface area contributed by atoms with Crippen LogP contribution in [0, 0.1) is 0 Å². The first kappa shape index (κ1) is 16.1. The summed E-state index contributed by atoms with van der Waals surface area (Å²) in [6.45, 7) is 0.356. The van der Waals surface area contributed by atoms with Gasteiger partial charge in [0, 0.05) is 24.6 Å². The van der Waals surface area contributed by atoms with E-state index in [-0.39, 0.29) is 30.4 Å². The maximum absolute atomic E-state index is 12.6. The van der Waals surface area contributed by atoms with E-state index in [0.717, 1.165) is 24.8 Å². The van der Waals surface area contributed by atoms with Crippen molar-refractivity contribution in [3.63, 3.8) is 0 Å². The second-order valence-corrected chi connectivity index (χ2v) is 6.97. The summed E-state index contributed by atoms with van der Waals surface area (Å²) in [6, 6.07) is 4.86. The Balaban J connectivity index is 1.51. The summed E-state index contributed by atoms with van der Waals surface area (Å²) < 4.78 is 5.99. The highest BCUT2D eigenvalue weighted by atomic mass is 16.5. The maximum Gasteiger partial charge on any atom is 0.255 e. The van der Waals surface area contributed by atoms with E-state index in [1.165, 1.54) is 4.90 Å². The molecule has 3 amide bonds. The minimum Gasteiger partial charge on any atom is -0.489 e. The summed E-state index contributed by atoms with van der Waals surface area (Å²) in [4.78, 5) is 37.5. The van der Waals surface area contributed by atoms with Crippen LogP contribution in [0.25, 0.3) is 0 Å². The molecule has 7 heteroatoms. The molecule has 1 saturated carbocycles. The second-order valence-electron chi connectivity index (χ2n) is 6.97. The number of fused-ring (bicyclic) bond motifs is 1. The van der Waals surface area contributed by atoms with Gasteiger partial charge in [-0.1, -0.05) is 0 Å². The molecule has 3 atom stereocenters. The summed E-state index contributed by atoms with van der Waals surface area (Å²) >= 11 is 0. The highest BCUT2D eigenvalue weighted by molar-refractivity contribution is 6.05. The lowest BCUT2D eigenvalue weighted by atomic mass is 10.0. The molecule has 0 radical (unpaired) electrons. The SMILES string of the molecule is NC1CCCC1Oc1ccc2c(c1)CN(C1CCC(=O)NC1=O)C2=O. The minimum absolute atomic E-state index is 0.0152. The molecule has 1 saturated heterocycles. The second kappa shape index (κ2) is 6.15. The number of amides is 3. The Kier molecular flexibility index (Phi) is 3.95. The highest BCUT2D eigenvalue weighted by Crippen LogP contribution is 2.31. The lowest BCUT2D eigenvalue weighted by Gasteiger charge is -2.29. The number of carbonyl (C=O) groups excluding carboxylic acids is 3. The number of rotatable bonds is 3. The topological polar surface area (TPSA) is 102 Å². The molecule has 2 heterocycles. The third-order valence-corrected chi connectivity index (χ3v) is 5.29. The van der Waals surface area contributed by atoms with Crippen molar-refractivity contribution in [2.75, 3.05) is 0 Å². The molecule has 4 rings (SSSR count). The number of nitrogens with zero attached hydrogens (tertiary/aromatic N) is 1. The molecule has 0 aromatic heterocycles. The van der Waals surface area contributed by atoms with E-state index >= 15 is 0 Å². The molecule has 7 nitrogen and oxygen atoms in total. The predicted octanol–water partition coefficient (Wildman–Crippen LogP) is 0.706. The number of hydrogen-bond donors (Lipinski definition) is 2. The summed E-state index contributed by atoms with van der Waals surface area (Å²) in [5.41, 5.74) is 7.49. The Morgan fingerprint density at radius 1 is 1.16 bits per heavy atom. The van der Waals surface area contributed by atoms with Gasteiger partial charge in [-0.2, -0.15) is 0 Å². The molecule has 1 aromatic carbocycles. The Morgan fingerprint density at radius 3 is 2.72 bits per heavy atom. The van der Waals surface area contributed by atoms with Crippen molar-refractivity contribution in [2.45, 2.75) is 56.8 Å². The number of benzene rings is 1. The van der Waals surface area contributed by atoms with E-state index < -0.39 is 11.9 Å². The molecule has 0 bridgehead atoms. The summed E-state index contributed by atoms with van der Waals surface area (Å²) in [6.07, 6.45) is 3.62. The van der Waals surface area contributed by atoms with Crippen molar-refractivity contribution >= 4 is 17.7 Å². The lowest BCUT2D eigenvalue weighted by Crippen LogP contribution is -2.52. The van der Waals surface area contributed by atoms with Crippen molar-refractivity contribution in [1.29, 1.82) is 0 Å². The fourth-order valence-corrected chi connectivity index (χ4v) is 3.90. The molecule has 1 aliphatic carbocycles. The van der Waals surface area contributed by atoms with Crippen LogP contribution in [0.1, 0.15) is 48.0 Å². The lowest BCUT2D eigenvalue weighted by molar-refractivity contribution is -0.136. The van der Waals surface area contributed by atoms with Gasteiger partial charge < -0.3 is 15.4 Å². The molecule has 3 N–H and O–H groups in total. The third-order valence-electron chi connectivity index (χ3n) is 5.29. The number of hydrogen-bond acceptors (Lipinski definition) is 5. The zero-order valence-electron chi connectivity index (χ0n) is 13.9. The van der Waals surface area contributed by atoms with Crippen LogP contribution in [-0.4, -0.2) is 40.8 Å². The number of nitrogens with two attached hydrogens (primary N) is 1. The monoisotopic (exact) mass is 343 g/mol. The van der Waals surface area contributed by atoms with E-state index in [1.54, 1.807) is 12.1 Å². The van der Waals surface area contributed by atoms with Crippen LogP contribution in [-0.2, 0) is 16.1 Å². The van der Waals surface area contributed by atoms with Gasteiger partial charge in [-0.25, -0.2) is 0 Å². The van der Waals surface area contributed by atoms with E-state index in [2.05, 4.69) is 5.32 Å². The molecule has 25 heavy (non-hydrogen) atoms. The first-order valence-electron chi connectivity index (χ1n) is 8.73. The number of nitrogens with one attached hydrogen (secondary N) is 1. The van der Waals surface area contributed by atoms with Crippen LogP contribution in [0.2, 0.25) is 0 Å². The van der Waals surface area contributed by atoms with Crippen molar-refractivity contribution in [3.05, 3.63) is 29.3 Å². The predicted molar refractivity (Wildman–Crippen MR) is 88.7 cm³/mol. The number of carbonyl (C=O) groups is 3. The smallest absolute Gasteiger partial charge is 0.255 e. The van der Waals surface area contributed by atoms with Crippen LogP contribution in [0.15, 0.2) is 18.2 Å². The molecule has 1 aromatic rings. The van der Waals surface area contributed by atoms with Crippen LogP contribution < -0.4 is 15.8 Å². The van der Waals surface area contributed by atoms with Crippen LogP contribution in [0.3, 0.4) is 0 Å². The third kappa shape index (κ3) is 2.89. The summed E-state index contributed by atoms with van der Waals surface area (Å²) in [5.74, 6) is -0.146. The van der Waals surface area contributed by atoms with Gasteiger partial charge in [0.1, 0.15) is 17.9 Å². The zero-order chi connectivity index (χ0) is 17.6. The average molecular weight is 343 g/mol. The summed E-state index contributed by atoms with van der Waals surface area (Å²) in [5, 5.41) is 2.31. The van der Waals surface area contributed by atoms with Gasteiger partial charge in [-0.05, 0) is 49.4 Å². The van der Waals surface area contributed by atoms with Crippen molar-refractivity contribution in [1.82, 2.24) is 10.2 Å². The standard InChI is InChI=1S/C18H21N3O4/c19-13-2-1-3-15(13)25-11-4-5-12-10(8-11)9-21(18(12)24)14-6-7-16(22)20-17(14)23/h4-5,8,13-15H,1-3,6-7,9,19H2,(H,20,22,23). The van der Waals surface area contributed by atoms with E-state index in [9.17, 15) is 14.4 Å². The summed E-state index contributed by atoms with van der Waals surface area (Å²) in [7, 11) is 0. The average Bonchev–Trinajstić information content (AvgIpc) is 3.12. The van der Waals surface area contributed by atoms with Gasteiger partial charge in [0.25, 0.3) is 5.91 Å². The van der Waals surface area contributed by atoms with Crippen LogP contribution in [0.4, 0.5) is 0 Å². The highest BCUT2D eigenvalue weighted by Gasteiger charge is 2.39. The number of piperidine rings is 1. The maximum atomic E-state index is 12.6. The zero-order valence-corrected chi connectivity index (χ0v) is 13.9. The van der Waals surface area contributed by atoms with Gasteiger partial charge in [-0.3, -0.25) is 19.7 Å². The van der Waals surface area contributed by atoms with Gasteiger partial charge >= 0.3 is 0 Å². The fourth-order valence-electron chi connectivity index (χ4n) is 3.90. The molecular formula is C18H21N3O4. The fraction of sp³-hybridized carbons (Fsp3) is 0.500. The molecule has 3 aliphatic rings. The van der Waals surface area contributed by atoms with E-state index in [0.29, 0.717) is 24.3 Å². The number of ether oxygens (including phenoxy) is 1. The largest absolute Gasteiger partial charge is 0.489 e. The van der Waals surface area contributed by atoms with Crippen LogP contribution in [0.5, 0.6) is 5.75 Å². The Labute approximate surface area is 145 Å². The first-order valence-corrected chi connectivity index (χ1v) is 8.73. The Hall–Kier alpha value is -2.41. The first-order chi connectivity index (χ1) is 12.0. The quantitative estimate of drug-likeness (QED) is 0.787. The molecule has 3 unspecified atom stereocenters. The van der Waals surface area contributed by atoms with Gasteiger partial charge in [-0.15, -0.1) is 0 Å². The molecule has 132 valence electrons. The van der Waals surface area contributed by atoms with Crippen molar-refractivity contribution in [3.8, 4) is 5.75 Å². The van der Waals surface area contributed by atoms with Gasteiger partial charge in [0.15, 0.2) is 0 Å². The van der Waals surface area contributed by atoms with Crippen molar-refractivity contribution < 1.29 is 19.1 Å². The minimum atomic E-state index is -0.592. The normalized spacial score (nSPS) is 28.9. The molecule has 2 fully saturated rings. The van der Waals surface area contributed by atoms with Crippen molar-refractivity contribution in [2.24, 2.45) is 5.73 Å². The van der Waals surface area contributed by atoms with Gasteiger partial charge in [0.05, 0.1) is 0 Å². The van der Waals surface area contributed by atoms with Gasteiger partial charge in [0.2, 0.25) is 11.8 Å². The number of imide groups is 1. The molecule has 2 aliphatic heterocycles. The van der Waals surface area contributed by atoms with E-state index in [4.69, 9.17) is 10.5 Å². The van der Waals surface area contributed by atoms with E-state index in [1.807, 2.05) is 6.07 Å². The van der Waals surface area contributed by atoms with Crippen LogP contribution >= 0.6 is 0 Å². The molecular weight excluding hydrogens is 322 g/mol. The molecule has 0 spiro atoms. The Morgan fingerprint density at radius 2 is 2.00 bits per heavy atom.